The standard InChI is InChI=1S/C24H33N3O2/c1-24(2)17-27(11-10-25-24)23-16-20(19-4-6-22(28-3)7-5-19)15-21(26-23)14-18-8-12-29-13-9-18/h4-7,15-16,18,25H,8-14,17H2,1-3H3. The van der Waals surface area contributed by atoms with Crippen LogP contribution in [-0.2, 0) is 11.2 Å². The SMILES string of the molecule is COc1ccc(-c2cc(CC3CCOCC3)nc(N3CCNC(C)(C)C3)c2)cc1. The average molecular weight is 396 g/mol. The number of aromatic nitrogens is 1. The van der Waals surface area contributed by atoms with Gasteiger partial charge in [0.2, 0.25) is 0 Å². The van der Waals surface area contributed by atoms with Crippen molar-refractivity contribution < 1.29 is 9.47 Å². The highest BCUT2D eigenvalue weighted by Crippen LogP contribution is 2.29. The molecule has 0 amide bonds. The fourth-order valence-corrected chi connectivity index (χ4v) is 4.37. The summed E-state index contributed by atoms with van der Waals surface area (Å²) in [5, 5.41) is 3.60. The maximum absolute atomic E-state index is 5.55. The molecule has 0 radical (unpaired) electrons. The van der Waals surface area contributed by atoms with Gasteiger partial charge in [0.15, 0.2) is 0 Å². The van der Waals surface area contributed by atoms with Crippen LogP contribution < -0.4 is 15.0 Å². The third kappa shape index (κ3) is 5.09. The van der Waals surface area contributed by atoms with Gasteiger partial charge in [0.25, 0.3) is 0 Å². The average Bonchev–Trinajstić information content (AvgIpc) is 2.73. The summed E-state index contributed by atoms with van der Waals surface area (Å²) in [6, 6.07) is 12.9. The van der Waals surface area contributed by atoms with E-state index in [0.717, 1.165) is 63.7 Å². The number of ether oxygens (including phenoxy) is 2. The van der Waals surface area contributed by atoms with Crippen LogP contribution in [-0.4, -0.2) is 50.5 Å². The van der Waals surface area contributed by atoms with Crippen LogP contribution in [0.3, 0.4) is 0 Å². The highest BCUT2D eigenvalue weighted by Gasteiger charge is 2.27. The highest BCUT2D eigenvalue weighted by atomic mass is 16.5. The molecule has 2 aromatic rings. The fraction of sp³-hybridized carbons (Fsp3) is 0.542. The molecule has 0 spiro atoms. The molecular formula is C24H33N3O2. The van der Waals surface area contributed by atoms with Gasteiger partial charge in [0, 0.05) is 44.1 Å². The first-order valence-corrected chi connectivity index (χ1v) is 10.8. The Balaban J connectivity index is 1.66. The van der Waals surface area contributed by atoms with Gasteiger partial charge in [-0.05, 0) is 74.4 Å². The van der Waals surface area contributed by atoms with Gasteiger partial charge in [-0.15, -0.1) is 0 Å². The molecule has 1 aromatic heterocycles. The van der Waals surface area contributed by atoms with E-state index in [1.54, 1.807) is 7.11 Å². The summed E-state index contributed by atoms with van der Waals surface area (Å²) in [5.74, 6) is 2.64. The molecule has 0 aliphatic carbocycles. The fourth-order valence-electron chi connectivity index (χ4n) is 4.37. The molecule has 156 valence electrons. The summed E-state index contributed by atoms with van der Waals surface area (Å²) in [7, 11) is 1.71. The first-order valence-electron chi connectivity index (χ1n) is 10.8. The van der Waals surface area contributed by atoms with Gasteiger partial charge in [0.1, 0.15) is 11.6 Å². The maximum Gasteiger partial charge on any atom is 0.129 e. The molecule has 0 unspecified atom stereocenters. The lowest BCUT2D eigenvalue weighted by Gasteiger charge is -2.40. The summed E-state index contributed by atoms with van der Waals surface area (Å²) in [6.45, 7) is 9.20. The third-order valence-corrected chi connectivity index (χ3v) is 6.02. The molecule has 3 heterocycles. The molecular weight excluding hydrogens is 362 g/mol. The molecule has 5 heteroatoms. The first-order chi connectivity index (χ1) is 14.0. The van der Waals surface area contributed by atoms with Gasteiger partial charge in [-0.1, -0.05) is 12.1 Å². The van der Waals surface area contributed by atoms with E-state index >= 15 is 0 Å². The van der Waals surface area contributed by atoms with Gasteiger partial charge in [-0.2, -0.15) is 0 Å². The van der Waals surface area contributed by atoms with Crippen molar-refractivity contribution in [3.05, 3.63) is 42.1 Å². The molecule has 2 fully saturated rings. The van der Waals surface area contributed by atoms with E-state index in [1.807, 2.05) is 12.1 Å². The molecule has 4 rings (SSSR count). The smallest absolute Gasteiger partial charge is 0.129 e. The zero-order valence-corrected chi connectivity index (χ0v) is 17.9. The van der Waals surface area contributed by atoms with Gasteiger partial charge in [0.05, 0.1) is 7.11 Å². The summed E-state index contributed by atoms with van der Waals surface area (Å²) >= 11 is 0. The predicted molar refractivity (Wildman–Crippen MR) is 118 cm³/mol. The normalized spacial score (nSPS) is 19.9. The zero-order valence-electron chi connectivity index (χ0n) is 17.9. The Morgan fingerprint density at radius 3 is 2.59 bits per heavy atom. The molecule has 0 saturated carbocycles. The number of hydrogen-bond acceptors (Lipinski definition) is 5. The predicted octanol–water partition coefficient (Wildman–Crippen LogP) is 3.91. The number of rotatable bonds is 5. The van der Waals surface area contributed by atoms with Crippen LogP contribution in [0.15, 0.2) is 36.4 Å². The molecule has 2 aliphatic rings. The van der Waals surface area contributed by atoms with Crippen molar-refractivity contribution in [2.45, 2.75) is 38.6 Å². The lowest BCUT2D eigenvalue weighted by atomic mass is 9.93. The highest BCUT2D eigenvalue weighted by molar-refractivity contribution is 5.68. The topological polar surface area (TPSA) is 46.6 Å². The monoisotopic (exact) mass is 395 g/mol. The van der Waals surface area contributed by atoms with Crippen molar-refractivity contribution >= 4 is 5.82 Å². The molecule has 2 aliphatic heterocycles. The van der Waals surface area contributed by atoms with Crippen LogP contribution in [0.2, 0.25) is 0 Å². The first kappa shape index (κ1) is 20.2. The molecule has 1 N–H and O–H groups in total. The Hall–Kier alpha value is -2.11. The number of benzene rings is 1. The lowest BCUT2D eigenvalue weighted by molar-refractivity contribution is 0.0663. The van der Waals surface area contributed by atoms with Gasteiger partial charge in [-0.25, -0.2) is 4.98 Å². The lowest BCUT2D eigenvalue weighted by Crippen LogP contribution is -2.57. The van der Waals surface area contributed by atoms with E-state index < -0.39 is 0 Å². The number of piperazine rings is 1. The number of methoxy groups -OCH3 is 1. The van der Waals surface area contributed by atoms with Gasteiger partial charge in [-0.3, -0.25) is 0 Å². The summed E-state index contributed by atoms with van der Waals surface area (Å²) in [4.78, 5) is 7.54. The minimum atomic E-state index is 0.0942. The Morgan fingerprint density at radius 1 is 1.14 bits per heavy atom. The Labute approximate surface area is 174 Å². The summed E-state index contributed by atoms with van der Waals surface area (Å²) in [6.07, 6.45) is 3.28. The van der Waals surface area contributed by atoms with E-state index in [4.69, 9.17) is 14.5 Å². The minimum Gasteiger partial charge on any atom is -0.497 e. The van der Waals surface area contributed by atoms with E-state index in [2.05, 4.69) is 48.3 Å². The van der Waals surface area contributed by atoms with Crippen molar-refractivity contribution in [1.82, 2.24) is 10.3 Å². The van der Waals surface area contributed by atoms with E-state index in [0.29, 0.717) is 5.92 Å². The second kappa shape index (κ2) is 8.72. The quantitative estimate of drug-likeness (QED) is 0.832. The van der Waals surface area contributed by atoms with Crippen LogP contribution in [0.1, 0.15) is 32.4 Å². The second-order valence-corrected chi connectivity index (χ2v) is 8.93. The van der Waals surface area contributed by atoms with Gasteiger partial charge < -0.3 is 19.7 Å². The van der Waals surface area contributed by atoms with Crippen molar-refractivity contribution in [2.24, 2.45) is 5.92 Å². The molecule has 29 heavy (non-hydrogen) atoms. The van der Waals surface area contributed by atoms with Crippen molar-refractivity contribution in [3.63, 3.8) is 0 Å². The van der Waals surface area contributed by atoms with Crippen LogP contribution in [0.25, 0.3) is 11.1 Å². The van der Waals surface area contributed by atoms with Crippen LogP contribution in [0.5, 0.6) is 5.75 Å². The molecule has 1 aromatic carbocycles. The number of anilines is 1. The van der Waals surface area contributed by atoms with Crippen LogP contribution in [0, 0.1) is 5.92 Å². The maximum atomic E-state index is 5.55. The number of nitrogens with zero attached hydrogens (tertiary/aromatic N) is 2. The zero-order chi connectivity index (χ0) is 20.3. The third-order valence-electron chi connectivity index (χ3n) is 6.02. The number of nitrogens with one attached hydrogen (secondary N) is 1. The van der Waals surface area contributed by atoms with E-state index in [9.17, 15) is 0 Å². The molecule has 0 atom stereocenters. The Morgan fingerprint density at radius 2 is 1.90 bits per heavy atom. The second-order valence-electron chi connectivity index (χ2n) is 8.93. The minimum absolute atomic E-state index is 0.0942. The summed E-state index contributed by atoms with van der Waals surface area (Å²) in [5.41, 5.74) is 3.72. The summed E-state index contributed by atoms with van der Waals surface area (Å²) < 4.78 is 10.9. The van der Waals surface area contributed by atoms with Crippen molar-refractivity contribution in [1.29, 1.82) is 0 Å². The van der Waals surface area contributed by atoms with Crippen molar-refractivity contribution in [2.75, 3.05) is 44.9 Å². The van der Waals surface area contributed by atoms with E-state index in [-0.39, 0.29) is 5.54 Å². The van der Waals surface area contributed by atoms with Crippen LogP contribution >= 0.6 is 0 Å². The van der Waals surface area contributed by atoms with Crippen LogP contribution in [0.4, 0.5) is 5.82 Å². The number of pyridine rings is 1. The Bertz CT molecular complexity index is 813. The molecule has 5 nitrogen and oxygen atoms in total. The number of hydrogen-bond donors (Lipinski definition) is 1. The Kier molecular flexibility index (Phi) is 6.07. The van der Waals surface area contributed by atoms with Crippen molar-refractivity contribution in [3.8, 4) is 16.9 Å². The molecule has 0 bridgehead atoms. The largest absolute Gasteiger partial charge is 0.497 e. The molecule has 2 saturated heterocycles. The van der Waals surface area contributed by atoms with Gasteiger partial charge >= 0.3 is 0 Å². The van der Waals surface area contributed by atoms with E-state index in [1.165, 1.54) is 16.8 Å².